The second-order valence-electron chi connectivity index (χ2n) is 8.56. The van der Waals surface area contributed by atoms with Gasteiger partial charge in [0.15, 0.2) is 5.41 Å². The molecule has 3 N–H and O–H groups in total. The van der Waals surface area contributed by atoms with E-state index in [9.17, 15) is 0 Å². The molecule has 0 aliphatic carbocycles. The van der Waals surface area contributed by atoms with Crippen LogP contribution in [0.4, 0.5) is 0 Å². The van der Waals surface area contributed by atoms with Crippen LogP contribution in [0.5, 0.6) is 0 Å². The lowest BCUT2D eigenvalue weighted by Crippen LogP contribution is -3.56. The molecule has 27 heavy (non-hydrogen) atoms. The van der Waals surface area contributed by atoms with Gasteiger partial charge >= 0.3 is 0 Å². The summed E-state index contributed by atoms with van der Waals surface area (Å²) in [6, 6.07) is 19.1. The van der Waals surface area contributed by atoms with Gasteiger partial charge in [0, 0.05) is 0 Å². The van der Waals surface area contributed by atoms with Crippen LogP contribution < -0.4 is 14.7 Å². The van der Waals surface area contributed by atoms with Crippen molar-refractivity contribution in [1.29, 1.82) is 0 Å². The van der Waals surface area contributed by atoms with Gasteiger partial charge in [-0.1, -0.05) is 60.2 Å². The third-order valence-corrected chi connectivity index (χ3v) is 6.26. The van der Waals surface area contributed by atoms with Crippen molar-refractivity contribution in [3.05, 3.63) is 71.3 Å². The SMILES string of the molecule is Cc1ccc(/C=N\N=C(\c2ccccc2)C23C[NH+]4C[NH+](C[NH+](C4)C2)C3)cc1. The normalized spacial score (nSPS) is 32.3. The van der Waals surface area contributed by atoms with Crippen molar-refractivity contribution in [1.82, 2.24) is 0 Å². The van der Waals surface area contributed by atoms with Gasteiger partial charge in [-0.25, -0.2) is 14.7 Å². The molecule has 2 aromatic rings. The zero-order chi connectivity index (χ0) is 18.3. The molecule has 0 amide bonds. The smallest absolute Gasteiger partial charge is 0.213 e. The Kier molecular flexibility index (Phi) is 4.16. The summed E-state index contributed by atoms with van der Waals surface area (Å²) in [6.07, 6.45) is 1.89. The minimum atomic E-state index is 0.140. The molecule has 6 rings (SSSR count). The Balaban J connectivity index is 1.51. The first-order valence-electron chi connectivity index (χ1n) is 9.95. The summed E-state index contributed by atoms with van der Waals surface area (Å²) in [6.45, 7) is 9.46. The predicted molar refractivity (Wildman–Crippen MR) is 106 cm³/mol. The highest BCUT2D eigenvalue weighted by molar-refractivity contribution is 6.05. The van der Waals surface area contributed by atoms with E-state index in [2.05, 4.69) is 66.6 Å². The van der Waals surface area contributed by atoms with Crippen molar-refractivity contribution in [3.8, 4) is 0 Å². The lowest BCUT2D eigenvalue weighted by Gasteiger charge is -2.52. The number of hydrogen-bond donors (Lipinski definition) is 3. The van der Waals surface area contributed by atoms with E-state index in [1.54, 1.807) is 14.7 Å². The Morgan fingerprint density at radius 1 is 0.852 bits per heavy atom. The molecule has 4 aliphatic rings. The fraction of sp³-hybridized carbons (Fsp3) is 0.364. The van der Waals surface area contributed by atoms with Crippen molar-refractivity contribution >= 4 is 11.9 Å². The second kappa shape index (κ2) is 6.68. The Bertz CT molecular complexity index is 834. The molecule has 4 fully saturated rings. The van der Waals surface area contributed by atoms with E-state index in [1.807, 2.05) is 6.21 Å². The maximum Gasteiger partial charge on any atom is 0.213 e. The topological polar surface area (TPSA) is 38.0 Å². The summed E-state index contributed by atoms with van der Waals surface area (Å²) >= 11 is 0. The molecule has 0 radical (unpaired) electrons. The molecular formula is C22H28N5+3. The molecule has 0 saturated carbocycles. The highest BCUT2D eigenvalue weighted by Gasteiger charge is 2.60. The largest absolute Gasteiger partial charge is 0.241 e. The number of hydrogen-bond acceptors (Lipinski definition) is 2. The highest BCUT2D eigenvalue weighted by atomic mass is 15.5. The molecule has 138 valence electrons. The molecule has 0 atom stereocenters. The van der Waals surface area contributed by atoms with Crippen LogP contribution >= 0.6 is 0 Å². The lowest BCUT2D eigenvalue weighted by atomic mass is 9.74. The van der Waals surface area contributed by atoms with Gasteiger partial charge in [-0.2, -0.15) is 10.2 Å². The molecule has 4 aliphatic heterocycles. The number of nitrogens with zero attached hydrogens (tertiary/aromatic N) is 2. The van der Waals surface area contributed by atoms with E-state index in [-0.39, 0.29) is 5.41 Å². The zero-order valence-corrected chi connectivity index (χ0v) is 15.9. The summed E-state index contributed by atoms with van der Waals surface area (Å²) in [4.78, 5) is 5.15. The van der Waals surface area contributed by atoms with E-state index in [4.69, 9.17) is 5.10 Å². The Labute approximate surface area is 160 Å². The average Bonchev–Trinajstić information content (AvgIpc) is 2.66. The molecule has 4 heterocycles. The molecule has 4 saturated heterocycles. The average molecular weight is 363 g/mol. The fourth-order valence-corrected chi connectivity index (χ4v) is 5.37. The van der Waals surface area contributed by atoms with Gasteiger partial charge in [0.25, 0.3) is 0 Å². The first-order valence-corrected chi connectivity index (χ1v) is 9.95. The molecular weight excluding hydrogens is 334 g/mol. The second-order valence-corrected chi connectivity index (χ2v) is 8.56. The van der Waals surface area contributed by atoms with Gasteiger partial charge < -0.3 is 0 Å². The van der Waals surface area contributed by atoms with Crippen LogP contribution in [0.15, 0.2) is 64.8 Å². The Morgan fingerprint density at radius 2 is 1.44 bits per heavy atom. The van der Waals surface area contributed by atoms with Crippen LogP contribution in [0.3, 0.4) is 0 Å². The van der Waals surface area contributed by atoms with Gasteiger partial charge in [0.1, 0.15) is 19.6 Å². The first kappa shape index (κ1) is 16.8. The van der Waals surface area contributed by atoms with Gasteiger partial charge in [-0.05, 0) is 18.1 Å². The number of benzene rings is 2. The number of aryl methyl sites for hydroxylation is 1. The van der Waals surface area contributed by atoms with Crippen LogP contribution in [0.2, 0.25) is 0 Å². The van der Waals surface area contributed by atoms with Gasteiger partial charge in [0.2, 0.25) is 20.0 Å². The number of quaternary nitrogens is 3. The number of rotatable bonds is 4. The van der Waals surface area contributed by atoms with Crippen molar-refractivity contribution < 1.29 is 14.7 Å². The summed E-state index contributed by atoms with van der Waals surface area (Å²) in [5, 5.41) is 9.39. The van der Waals surface area contributed by atoms with Crippen molar-refractivity contribution in [2.45, 2.75) is 6.92 Å². The fourth-order valence-electron chi connectivity index (χ4n) is 5.37. The maximum absolute atomic E-state index is 4.85. The molecule has 5 heteroatoms. The molecule has 0 unspecified atom stereocenters. The minimum Gasteiger partial charge on any atom is -0.241 e. The van der Waals surface area contributed by atoms with Crippen LogP contribution in [0.1, 0.15) is 16.7 Å². The van der Waals surface area contributed by atoms with Crippen molar-refractivity contribution in [2.75, 3.05) is 39.6 Å². The Morgan fingerprint density at radius 3 is 2.04 bits per heavy atom. The van der Waals surface area contributed by atoms with E-state index in [0.29, 0.717) is 0 Å². The number of nitrogens with one attached hydrogen (secondary N) is 3. The van der Waals surface area contributed by atoms with Crippen LogP contribution in [0, 0.1) is 12.3 Å². The summed E-state index contributed by atoms with van der Waals surface area (Å²) < 4.78 is 0. The van der Waals surface area contributed by atoms with Gasteiger partial charge in [-0.15, -0.1) is 0 Å². The highest BCUT2D eigenvalue weighted by Crippen LogP contribution is 2.23. The molecule has 0 aromatic heterocycles. The van der Waals surface area contributed by atoms with Crippen LogP contribution in [-0.4, -0.2) is 51.6 Å². The predicted octanol–water partition coefficient (Wildman–Crippen LogP) is -1.63. The molecule has 2 aromatic carbocycles. The molecule has 4 bridgehead atoms. The Hall–Kier alpha value is -2.34. The van der Waals surface area contributed by atoms with Crippen LogP contribution in [-0.2, 0) is 0 Å². The molecule has 0 spiro atoms. The van der Waals surface area contributed by atoms with E-state index >= 15 is 0 Å². The zero-order valence-electron chi connectivity index (χ0n) is 15.9. The third kappa shape index (κ3) is 3.23. The maximum atomic E-state index is 4.85. The summed E-state index contributed by atoms with van der Waals surface area (Å²) in [5.74, 6) is 0. The summed E-state index contributed by atoms with van der Waals surface area (Å²) in [5.41, 5.74) is 4.90. The quantitative estimate of drug-likeness (QED) is 0.432. The van der Waals surface area contributed by atoms with Crippen molar-refractivity contribution in [3.63, 3.8) is 0 Å². The van der Waals surface area contributed by atoms with E-state index < -0.39 is 0 Å². The van der Waals surface area contributed by atoms with Gasteiger partial charge in [-0.3, -0.25) is 0 Å². The van der Waals surface area contributed by atoms with Crippen LogP contribution in [0.25, 0.3) is 0 Å². The standard InChI is InChI=1S/C22H25N5/c1-18-7-9-19(10-8-18)11-23-24-21(20-5-3-2-4-6-20)22-12-25-15-26(13-22)17-27(14-22)16-25/h2-11H,12-17H2,1H3/p+3/b23-11-,24-21-. The first-order chi connectivity index (χ1) is 13.2. The molecule has 5 nitrogen and oxygen atoms in total. The van der Waals surface area contributed by atoms with Gasteiger partial charge in [0.05, 0.1) is 11.9 Å². The van der Waals surface area contributed by atoms with Crippen molar-refractivity contribution in [2.24, 2.45) is 15.6 Å². The monoisotopic (exact) mass is 362 g/mol. The third-order valence-electron chi connectivity index (χ3n) is 6.26. The van der Waals surface area contributed by atoms with E-state index in [0.717, 1.165) is 5.56 Å². The van der Waals surface area contributed by atoms with E-state index in [1.165, 1.54) is 56.5 Å². The minimum absolute atomic E-state index is 0.140. The lowest BCUT2D eigenvalue weighted by molar-refractivity contribution is -1.30. The summed E-state index contributed by atoms with van der Waals surface area (Å²) in [7, 11) is 0.